The van der Waals surface area contributed by atoms with E-state index in [1.165, 1.54) is 11.3 Å². The fourth-order valence-corrected chi connectivity index (χ4v) is 3.57. The number of amides is 1. The quantitative estimate of drug-likeness (QED) is 0.821. The Morgan fingerprint density at radius 2 is 2.21 bits per heavy atom. The molecule has 0 aliphatic carbocycles. The van der Waals surface area contributed by atoms with Gasteiger partial charge >= 0.3 is 0 Å². The predicted molar refractivity (Wildman–Crippen MR) is 74.5 cm³/mol. The SMILES string of the molecule is O=C(c1ccc2c(c1)CCN2)N1CCN2CCC1C2. The van der Waals surface area contributed by atoms with E-state index in [1.807, 2.05) is 6.07 Å². The molecule has 19 heavy (non-hydrogen) atoms. The summed E-state index contributed by atoms with van der Waals surface area (Å²) in [6.45, 7) is 5.14. The van der Waals surface area contributed by atoms with Gasteiger partial charge in [-0.15, -0.1) is 0 Å². The summed E-state index contributed by atoms with van der Waals surface area (Å²) in [6.07, 6.45) is 2.17. The first kappa shape index (κ1) is 11.3. The van der Waals surface area contributed by atoms with E-state index in [0.29, 0.717) is 6.04 Å². The molecule has 3 heterocycles. The number of nitrogens with zero attached hydrogens (tertiary/aromatic N) is 2. The van der Waals surface area contributed by atoms with Crippen LogP contribution >= 0.6 is 0 Å². The van der Waals surface area contributed by atoms with Gasteiger partial charge < -0.3 is 10.2 Å². The van der Waals surface area contributed by atoms with Gasteiger partial charge in [0.2, 0.25) is 0 Å². The van der Waals surface area contributed by atoms with E-state index >= 15 is 0 Å². The van der Waals surface area contributed by atoms with E-state index in [-0.39, 0.29) is 5.91 Å². The molecule has 1 aromatic rings. The van der Waals surface area contributed by atoms with Gasteiger partial charge in [0.15, 0.2) is 0 Å². The Hall–Kier alpha value is -1.55. The molecule has 2 atom stereocenters. The number of piperazine rings is 1. The first-order chi connectivity index (χ1) is 9.31. The third-order valence-electron chi connectivity index (χ3n) is 4.67. The van der Waals surface area contributed by atoms with Crippen molar-refractivity contribution in [2.24, 2.45) is 0 Å². The average Bonchev–Trinajstić information content (AvgIpc) is 3.04. The molecule has 3 aliphatic heterocycles. The van der Waals surface area contributed by atoms with Crippen molar-refractivity contribution < 1.29 is 4.79 Å². The molecule has 4 heteroatoms. The second-order valence-electron chi connectivity index (χ2n) is 5.79. The number of carbonyl (C=O) groups is 1. The van der Waals surface area contributed by atoms with Crippen LogP contribution in [0, 0.1) is 0 Å². The molecule has 2 saturated heterocycles. The highest BCUT2D eigenvalue weighted by molar-refractivity contribution is 5.95. The molecular formula is C15H19N3O. The highest BCUT2D eigenvalue weighted by Gasteiger charge is 2.35. The van der Waals surface area contributed by atoms with Gasteiger partial charge in [-0.25, -0.2) is 0 Å². The fourth-order valence-electron chi connectivity index (χ4n) is 3.57. The molecule has 0 saturated carbocycles. The van der Waals surface area contributed by atoms with Crippen molar-refractivity contribution in [3.63, 3.8) is 0 Å². The maximum Gasteiger partial charge on any atom is 0.254 e. The summed E-state index contributed by atoms with van der Waals surface area (Å²) in [5.74, 6) is 0.223. The van der Waals surface area contributed by atoms with Crippen molar-refractivity contribution in [2.75, 3.05) is 38.0 Å². The lowest BCUT2D eigenvalue weighted by atomic mass is 10.1. The van der Waals surface area contributed by atoms with Gasteiger partial charge in [0.05, 0.1) is 0 Å². The van der Waals surface area contributed by atoms with E-state index in [4.69, 9.17) is 0 Å². The minimum Gasteiger partial charge on any atom is -0.384 e. The molecule has 4 nitrogen and oxygen atoms in total. The highest BCUT2D eigenvalue weighted by Crippen LogP contribution is 2.26. The first-order valence-corrected chi connectivity index (χ1v) is 7.21. The zero-order valence-corrected chi connectivity index (χ0v) is 11.1. The third kappa shape index (κ3) is 1.82. The molecule has 1 aromatic carbocycles. The van der Waals surface area contributed by atoms with Gasteiger partial charge in [-0.2, -0.15) is 0 Å². The largest absolute Gasteiger partial charge is 0.384 e. The van der Waals surface area contributed by atoms with Crippen LogP contribution in [0.5, 0.6) is 0 Å². The Morgan fingerprint density at radius 1 is 1.26 bits per heavy atom. The smallest absolute Gasteiger partial charge is 0.254 e. The Kier molecular flexibility index (Phi) is 2.52. The Morgan fingerprint density at radius 3 is 3.16 bits per heavy atom. The number of hydrogen-bond donors (Lipinski definition) is 1. The van der Waals surface area contributed by atoms with E-state index in [9.17, 15) is 4.79 Å². The van der Waals surface area contributed by atoms with Crippen LogP contribution in [0.1, 0.15) is 22.3 Å². The lowest BCUT2D eigenvalue weighted by Gasteiger charge is -2.34. The highest BCUT2D eigenvalue weighted by atomic mass is 16.2. The summed E-state index contributed by atoms with van der Waals surface area (Å²) in [7, 11) is 0. The van der Waals surface area contributed by atoms with Gasteiger partial charge in [-0.1, -0.05) is 0 Å². The summed E-state index contributed by atoms with van der Waals surface area (Å²) in [5.41, 5.74) is 3.35. The van der Waals surface area contributed by atoms with Crippen LogP contribution in [0.4, 0.5) is 5.69 Å². The number of fused-ring (bicyclic) bond motifs is 3. The number of benzene rings is 1. The minimum absolute atomic E-state index is 0.223. The van der Waals surface area contributed by atoms with Gasteiger partial charge in [0.1, 0.15) is 0 Å². The average molecular weight is 257 g/mol. The summed E-state index contributed by atoms with van der Waals surface area (Å²) in [6, 6.07) is 6.55. The monoisotopic (exact) mass is 257 g/mol. The molecule has 0 radical (unpaired) electrons. The molecule has 4 rings (SSSR count). The van der Waals surface area contributed by atoms with Crippen LogP contribution < -0.4 is 5.32 Å². The van der Waals surface area contributed by atoms with Gasteiger partial charge in [-0.3, -0.25) is 9.69 Å². The summed E-state index contributed by atoms with van der Waals surface area (Å²) >= 11 is 0. The number of carbonyl (C=O) groups excluding carboxylic acids is 1. The number of anilines is 1. The zero-order chi connectivity index (χ0) is 12.8. The van der Waals surface area contributed by atoms with Crippen LogP contribution in [-0.2, 0) is 6.42 Å². The van der Waals surface area contributed by atoms with Crippen LogP contribution in [0.2, 0.25) is 0 Å². The van der Waals surface area contributed by atoms with Crippen molar-refractivity contribution in [3.05, 3.63) is 29.3 Å². The number of nitrogens with one attached hydrogen (secondary N) is 1. The molecule has 3 aliphatic rings. The lowest BCUT2D eigenvalue weighted by Crippen LogP contribution is -2.49. The second kappa shape index (κ2) is 4.23. The van der Waals surface area contributed by atoms with Crippen LogP contribution in [0.25, 0.3) is 0 Å². The van der Waals surface area contributed by atoms with Gasteiger partial charge in [0.25, 0.3) is 5.91 Å². The zero-order valence-electron chi connectivity index (χ0n) is 11.1. The normalized spacial score (nSPS) is 28.1. The van der Waals surface area contributed by atoms with Crippen LogP contribution in [0.15, 0.2) is 18.2 Å². The molecule has 1 N–H and O–H groups in total. The molecule has 2 unspecified atom stereocenters. The summed E-state index contributed by atoms with van der Waals surface area (Å²) in [5, 5.41) is 3.34. The molecule has 2 bridgehead atoms. The Balaban J connectivity index is 1.60. The number of hydrogen-bond acceptors (Lipinski definition) is 3. The summed E-state index contributed by atoms with van der Waals surface area (Å²) < 4.78 is 0. The third-order valence-corrected chi connectivity index (χ3v) is 4.67. The standard InChI is InChI=1S/C15H19N3O/c19-15(18-8-7-17-6-4-13(18)10-17)12-1-2-14-11(9-12)3-5-16-14/h1-2,9,13,16H,3-8,10H2. The van der Waals surface area contributed by atoms with Crippen molar-refractivity contribution in [1.29, 1.82) is 0 Å². The molecule has 2 fully saturated rings. The molecule has 0 aromatic heterocycles. The van der Waals surface area contributed by atoms with Crippen LogP contribution in [-0.4, -0.2) is 54.5 Å². The molecule has 100 valence electrons. The van der Waals surface area contributed by atoms with Gasteiger partial charge in [-0.05, 0) is 36.6 Å². The predicted octanol–water partition coefficient (Wildman–Crippen LogP) is 1.18. The maximum atomic E-state index is 12.7. The molecular weight excluding hydrogens is 238 g/mol. The van der Waals surface area contributed by atoms with Crippen molar-refractivity contribution in [1.82, 2.24) is 9.80 Å². The topological polar surface area (TPSA) is 35.6 Å². The van der Waals surface area contributed by atoms with Crippen molar-refractivity contribution >= 4 is 11.6 Å². The van der Waals surface area contributed by atoms with E-state index < -0.39 is 0 Å². The summed E-state index contributed by atoms with van der Waals surface area (Å²) in [4.78, 5) is 17.2. The van der Waals surface area contributed by atoms with E-state index in [1.54, 1.807) is 0 Å². The Bertz CT molecular complexity index is 528. The first-order valence-electron chi connectivity index (χ1n) is 7.21. The Labute approximate surface area is 113 Å². The van der Waals surface area contributed by atoms with Crippen LogP contribution in [0.3, 0.4) is 0 Å². The second-order valence-corrected chi connectivity index (χ2v) is 5.79. The van der Waals surface area contributed by atoms with Crippen molar-refractivity contribution in [2.45, 2.75) is 18.9 Å². The lowest BCUT2D eigenvalue weighted by molar-refractivity contribution is 0.0609. The van der Waals surface area contributed by atoms with E-state index in [2.05, 4.69) is 27.2 Å². The van der Waals surface area contributed by atoms with Gasteiger partial charge in [0, 0.05) is 50.0 Å². The minimum atomic E-state index is 0.223. The van der Waals surface area contributed by atoms with E-state index in [0.717, 1.165) is 51.1 Å². The maximum absolute atomic E-state index is 12.7. The molecule has 1 amide bonds. The molecule has 0 spiro atoms. The van der Waals surface area contributed by atoms with Crippen molar-refractivity contribution in [3.8, 4) is 0 Å². The number of rotatable bonds is 1. The fraction of sp³-hybridized carbons (Fsp3) is 0.533.